The highest BCUT2D eigenvalue weighted by Gasteiger charge is 2.85. The summed E-state index contributed by atoms with van der Waals surface area (Å²) in [6.45, 7) is 3.86. The van der Waals surface area contributed by atoms with Crippen LogP contribution in [-0.2, 0) is 10.0 Å². The molecule has 23 heavy (non-hydrogen) atoms. The van der Waals surface area contributed by atoms with Crippen molar-refractivity contribution in [1.29, 1.82) is 0 Å². The topological polar surface area (TPSA) is 37.4 Å². The second-order valence-electron chi connectivity index (χ2n) is 5.19. The number of hydrogen-bond acceptors (Lipinski definition) is 2. The van der Waals surface area contributed by atoms with Crippen LogP contribution in [-0.4, -0.2) is 48.1 Å². The van der Waals surface area contributed by atoms with E-state index in [-0.39, 0.29) is 4.31 Å². The maximum Gasteiger partial charge on any atom is 0.460 e. The van der Waals surface area contributed by atoms with E-state index in [9.17, 15) is 47.9 Å². The van der Waals surface area contributed by atoms with Gasteiger partial charge in [-0.2, -0.15) is 43.8 Å². The Hall–Kier alpha value is -0.720. The fourth-order valence-corrected chi connectivity index (χ4v) is 3.63. The molecule has 0 aromatic rings. The third-order valence-corrected chi connectivity index (χ3v) is 5.04. The van der Waals surface area contributed by atoms with Crippen LogP contribution in [0.2, 0.25) is 0 Å². The van der Waals surface area contributed by atoms with Gasteiger partial charge < -0.3 is 0 Å². The van der Waals surface area contributed by atoms with Crippen molar-refractivity contribution in [2.45, 2.75) is 63.1 Å². The fraction of sp³-hybridized carbons (Fsp3) is 1.00. The highest BCUT2D eigenvalue weighted by molar-refractivity contribution is 7.90. The van der Waals surface area contributed by atoms with Crippen LogP contribution in [0.4, 0.5) is 39.5 Å². The van der Waals surface area contributed by atoms with Gasteiger partial charge >= 0.3 is 23.3 Å². The highest BCUT2D eigenvalue weighted by Crippen LogP contribution is 2.55. The van der Waals surface area contributed by atoms with E-state index in [4.69, 9.17) is 0 Å². The minimum Gasteiger partial charge on any atom is -0.206 e. The molecular formula is C10H14F9NO2S. The molecule has 0 bridgehead atoms. The van der Waals surface area contributed by atoms with Crippen LogP contribution in [0.25, 0.3) is 0 Å². The lowest BCUT2D eigenvalue weighted by Crippen LogP contribution is -2.66. The zero-order valence-corrected chi connectivity index (χ0v) is 13.0. The molecule has 13 heteroatoms. The lowest BCUT2D eigenvalue weighted by molar-refractivity contribution is -0.382. The number of nitrogens with zero attached hydrogens (tertiary/aromatic N) is 1. The molecule has 0 aromatic heterocycles. The molecule has 0 N–H and O–H groups in total. The van der Waals surface area contributed by atoms with Gasteiger partial charge in [0.25, 0.3) is 10.0 Å². The van der Waals surface area contributed by atoms with Crippen LogP contribution in [0.3, 0.4) is 0 Å². The minimum absolute atomic E-state index is 0.257. The van der Waals surface area contributed by atoms with E-state index >= 15 is 0 Å². The molecule has 0 aliphatic heterocycles. The summed E-state index contributed by atoms with van der Waals surface area (Å²) in [5.74, 6) is -14.5. The van der Waals surface area contributed by atoms with Crippen molar-refractivity contribution in [3.8, 4) is 0 Å². The van der Waals surface area contributed by atoms with Crippen LogP contribution in [0.1, 0.15) is 27.7 Å². The number of sulfonamides is 1. The first-order valence-corrected chi connectivity index (χ1v) is 7.44. The summed E-state index contributed by atoms with van der Waals surface area (Å²) < 4.78 is 138. The SMILES string of the molecule is CC(C)N(C(C)C)S(=O)(=O)C(F)(F)C(F)(F)C(F)(F)C(F)(F)F. The maximum absolute atomic E-state index is 13.6. The monoisotopic (exact) mass is 383 g/mol. The molecule has 0 unspecified atom stereocenters. The van der Waals surface area contributed by atoms with E-state index in [1.54, 1.807) is 0 Å². The molecule has 0 saturated heterocycles. The summed E-state index contributed by atoms with van der Waals surface area (Å²) in [6, 6.07) is -2.78. The van der Waals surface area contributed by atoms with Gasteiger partial charge in [-0.1, -0.05) is 0 Å². The van der Waals surface area contributed by atoms with Gasteiger partial charge in [-0.3, -0.25) is 0 Å². The van der Waals surface area contributed by atoms with Gasteiger partial charge in [-0.15, -0.1) is 0 Å². The molecular weight excluding hydrogens is 369 g/mol. The molecule has 0 spiro atoms. The third-order valence-electron chi connectivity index (χ3n) is 2.74. The van der Waals surface area contributed by atoms with E-state index < -0.39 is 45.4 Å². The number of rotatable bonds is 6. The van der Waals surface area contributed by atoms with E-state index in [0.29, 0.717) is 0 Å². The molecule has 0 radical (unpaired) electrons. The summed E-state index contributed by atoms with van der Waals surface area (Å²) in [6.07, 6.45) is -7.07. The molecule has 3 nitrogen and oxygen atoms in total. The molecule has 0 amide bonds. The number of alkyl halides is 9. The minimum atomic E-state index is -7.25. The Morgan fingerprint density at radius 1 is 0.696 bits per heavy atom. The summed E-state index contributed by atoms with van der Waals surface area (Å²) in [5.41, 5.74) is 0. The van der Waals surface area contributed by atoms with E-state index in [1.807, 2.05) is 0 Å². The summed E-state index contributed by atoms with van der Waals surface area (Å²) in [7, 11) is -6.53. The quantitative estimate of drug-likeness (QED) is 0.654. The van der Waals surface area contributed by atoms with Crippen LogP contribution < -0.4 is 0 Å². The third kappa shape index (κ3) is 3.26. The van der Waals surface area contributed by atoms with Gasteiger partial charge in [0.2, 0.25) is 0 Å². The second kappa shape index (κ2) is 5.97. The highest BCUT2D eigenvalue weighted by atomic mass is 32.2. The Balaban J connectivity index is 6.35. The van der Waals surface area contributed by atoms with Gasteiger partial charge in [-0.25, -0.2) is 8.42 Å². The molecule has 0 atom stereocenters. The van der Waals surface area contributed by atoms with E-state index in [2.05, 4.69) is 0 Å². The Labute approximate surface area is 126 Å². The van der Waals surface area contributed by atoms with Crippen molar-refractivity contribution in [2.24, 2.45) is 0 Å². The fourth-order valence-electron chi connectivity index (χ4n) is 1.81. The molecule has 0 heterocycles. The summed E-state index contributed by atoms with van der Waals surface area (Å²) in [5, 5.41) is -6.69. The molecule has 140 valence electrons. The Morgan fingerprint density at radius 3 is 1.22 bits per heavy atom. The average molecular weight is 383 g/mol. The molecule has 0 aliphatic rings. The smallest absolute Gasteiger partial charge is 0.206 e. The van der Waals surface area contributed by atoms with Crippen molar-refractivity contribution >= 4 is 10.0 Å². The van der Waals surface area contributed by atoms with Crippen molar-refractivity contribution in [3.63, 3.8) is 0 Å². The first-order valence-electron chi connectivity index (χ1n) is 6.00. The predicted octanol–water partition coefficient (Wildman–Crippen LogP) is 3.86. The molecule has 0 saturated carbocycles. The molecule has 0 aliphatic carbocycles. The maximum atomic E-state index is 13.6. The average Bonchev–Trinajstić information content (AvgIpc) is 2.24. The second-order valence-corrected chi connectivity index (χ2v) is 7.07. The number of halogens is 9. The Morgan fingerprint density at radius 2 is 1.00 bits per heavy atom. The van der Waals surface area contributed by atoms with Gasteiger partial charge in [0.1, 0.15) is 0 Å². The van der Waals surface area contributed by atoms with Gasteiger partial charge in [0.05, 0.1) is 0 Å². The van der Waals surface area contributed by atoms with E-state index in [1.165, 1.54) is 0 Å². The van der Waals surface area contributed by atoms with Crippen LogP contribution in [0.15, 0.2) is 0 Å². The van der Waals surface area contributed by atoms with Crippen LogP contribution >= 0.6 is 0 Å². The van der Waals surface area contributed by atoms with Gasteiger partial charge in [0.15, 0.2) is 0 Å². The Kier molecular flexibility index (Phi) is 5.79. The largest absolute Gasteiger partial charge is 0.460 e. The predicted molar refractivity (Wildman–Crippen MR) is 61.9 cm³/mol. The zero-order chi connectivity index (χ0) is 19.2. The lowest BCUT2D eigenvalue weighted by Gasteiger charge is -2.38. The van der Waals surface area contributed by atoms with Crippen molar-refractivity contribution < 1.29 is 47.9 Å². The van der Waals surface area contributed by atoms with Gasteiger partial charge in [0, 0.05) is 12.1 Å². The zero-order valence-electron chi connectivity index (χ0n) is 12.2. The Bertz CT molecular complexity index is 517. The van der Waals surface area contributed by atoms with Crippen LogP contribution in [0, 0.1) is 0 Å². The first kappa shape index (κ1) is 22.3. The summed E-state index contributed by atoms with van der Waals surface area (Å²) >= 11 is 0. The molecule has 0 rings (SSSR count). The number of hydrogen-bond donors (Lipinski definition) is 0. The first-order chi connectivity index (χ1) is 9.76. The van der Waals surface area contributed by atoms with Crippen LogP contribution in [0.5, 0.6) is 0 Å². The van der Waals surface area contributed by atoms with Crippen molar-refractivity contribution in [3.05, 3.63) is 0 Å². The normalized spacial score (nSPS) is 15.8. The van der Waals surface area contributed by atoms with Gasteiger partial charge in [-0.05, 0) is 27.7 Å². The van der Waals surface area contributed by atoms with Crippen molar-refractivity contribution in [1.82, 2.24) is 4.31 Å². The molecule has 0 aromatic carbocycles. The molecule has 0 fully saturated rings. The van der Waals surface area contributed by atoms with Crippen molar-refractivity contribution in [2.75, 3.05) is 0 Å². The lowest BCUT2D eigenvalue weighted by atomic mass is 10.1. The summed E-state index contributed by atoms with van der Waals surface area (Å²) in [4.78, 5) is 0. The standard InChI is InChI=1S/C10H14F9NO2S/c1-5(2)20(6(3)4)23(21,22)10(18,19)8(13,14)7(11,12)9(15,16)17/h5-6H,1-4H3. The van der Waals surface area contributed by atoms with E-state index in [0.717, 1.165) is 27.7 Å².